The summed E-state index contributed by atoms with van der Waals surface area (Å²) in [5, 5.41) is 6.31. The van der Waals surface area contributed by atoms with Crippen molar-refractivity contribution < 1.29 is 9.47 Å². The highest BCUT2D eigenvalue weighted by atomic mass is 33.1. The lowest BCUT2D eigenvalue weighted by atomic mass is 10.7. The molecule has 18 heavy (non-hydrogen) atoms. The van der Waals surface area contributed by atoms with Crippen molar-refractivity contribution in [2.24, 2.45) is 9.98 Å². The Labute approximate surface area is 115 Å². The van der Waals surface area contributed by atoms with Crippen LogP contribution < -0.4 is 10.6 Å². The first-order chi connectivity index (χ1) is 8.95. The summed E-state index contributed by atoms with van der Waals surface area (Å²) < 4.78 is 10.5. The Morgan fingerprint density at radius 1 is 0.889 bits per heavy atom. The molecule has 0 aromatic rings. The van der Waals surface area contributed by atoms with Gasteiger partial charge in [0.05, 0.1) is 13.1 Å². The van der Waals surface area contributed by atoms with Gasteiger partial charge in [0.15, 0.2) is 0 Å². The van der Waals surface area contributed by atoms with Gasteiger partial charge in [-0.05, 0) is 0 Å². The molecule has 2 aliphatic heterocycles. The maximum atomic E-state index is 5.24. The number of ether oxygens (including phenoxy) is 2. The van der Waals surface area contributed by atoms with Crippen LogP contribution in [0.4, 0.5) is 0 Å². The van der Waals surface area contributed by atoms with E-state index in [1.807, 2.05) is 21.6 Å². The van der Waals surface area contributed by atoms with E-state index in [-0.39, 0.29) is 0 Å². The minimum Gasteiger partial charge on any atom is -0.463 e. The number of aliphatic imine (C=N–C) groups is 2. The molecule has 0 saturated heterocycles. The SMILES string of the molecule is C1COC(NCCSSCCNC2=NCCO2)=N1. The zero-order valence-corrected chi connectivity index (χ0v) is 11.8. The average molecular weight is 290 g/mol. The highest BCUT2D eigenvalue weighted by Gasteiger charge is 2.06. The first kappa shape index (κ1) is 13.7. The Kier molecular flexibility index (Phi) is 6.35. The molecule has 0 fully saturated rings. The minimum atomic E-state index is 0.693. The molecule has 0 unspecified atom stereocenters. The Bertz CT molecular complexity index is 282. The van der Waals surface area contributed by atoms with Gasteiger partial charge in [-0.2, -0.15) is 0 Å². The maximum Gasteiger partial charge on any atom is 0.284 e. The molecule has 0 radical (unpaired) electrons. The molecule has 0 atom stereocenters. The lowest BCUT2D eigenvalue weighted by molar-refractivity contribution is 0.332. The van der Waals surface area contributed by atoms with Crippen molar-refractivity contribution in [2.75, 3.05) is 50.9 Å². The summed E-state index contributed by atoms with van der Waals surface area (Å²) in [6, 6.07) is 1.39. The third kappa shape index (κ3) is 5.26. The Morgan fingerprint density at radius 2 is 1.39 bits per heavy atom. The van der Waals surface area contributed by atoms with Gasteiger partial charge in [0.25, 0.3) is 12.0 Å². The van der Waals surface area contributed by atoms with Gasteiger partial charge in [-0.25, -0.2) is 9.98 Å². The molecule has 0 aromatic heterocycles. The fourth-order valence-electron chi connectivity index (χ4n) is 1.40. The second-order valence-corrected chi connectivity index (χ2v) is 6.27. The lowest BCUT2D eigenvalue weighted by Crippen LogP contribution is -2.26. The van der Waals surface area contributed by atoms with E-state index in [0.29, 0.717) is 25.3 Å². The molecule has 2 rings (SSSR count). The van der Waals surface area contributed by atoms with Gasteiger partial charge in [0.1, 0.15) is 13.2 Å². The molecule has 8 heteroatoms. The van der Waals surface area contributed by atoms with Crippen LogP contribution >= 0.6 is 21.6 Å². The number of nitrogens with zero attached hydrogens (tertiary/aromatic N) is 2. The number of hydrogen-bond donors (Lipinski definition) is 2. The van der Waals surface area contributed by atoms with E-state index in [9.17, 15) is 0 Å². The molecule has 2 aliphatic rings. The summed E-state index contributed by atoms with van der Waals surface area (Å²) in [6.45, 7) is 4.76. The molecule has 6 nitrogen and oxygen atoms in total. The fourth-order valence-corrected chi connectivity index (χ4v) is 3.21. The van der Waals surface area contributed by atoms with Crippen LogP contribution in [0.5, 0.6) is 0 Å². The van der Waals surface area contributed by atoms with Crippen molar-refractivity contribution in [3.05, 3.63) is 0 Å². The number of nitrogens with one attached hydrogen (secondary N) is 2. The second kappa shape index (κ2) is 8.36. The lowest BCUT2D eigenvalue weighted by Gasteiger charge is -2.06. The minimum absolute atomic E-state index is 0.693. The number of hydrogen-bond acceptors (Lipinski definition) is 8. The van der Waals surface area contributed by atoms with Crippen LogP contribution in [0.2, 0.25) is 0 Å². The fraction of sp³-hybridized carbons (Fsp3) is 0.800. The van der Waals surface area contributed by atoms with Crippen molar-refractivity contribution in [1.82, 2.24) is 10.6 Å². The third-order valence-corrected chi connectivity index (χ3v) is 4.59. The quantitative estimate of drug-likeness (QED) is 0.520. The van der Waals surface area contributed by atoms with Gasteiger partial charge in [0.2, 0.25) is 0 Å². The van der Waals surface area contributed by atoms with E-state index in [1.165, 1.54) is 0 Å². The molecule has 0 saturated carbocycles. The van der Waals surface area contributed by atoms with Gasteiger partial charge in [-0.1, -0.05) is 21.6 Å². The summed E-state index contributed by atoms with van der Waals surface area (Å²) in [6.07, 6.45) is 0. The molecule has 2 heterocycles. The van der Waals surface area contributed by atoms with Crippen LogP contribution in [0.15, 0.2) is 9.98 Å². The summed E-state index contributed by atoms with van der Waals surface area (Å²) >= 11 is 0. The monoisotopic (exact) mass is 290 g/mol. The van der Waals surface area contributed by atoms with Crippen LogP contribution in [0, 0.1) is 0 Å². The smallest absolute Gasteiger partial charge is 0.284 e. The zero-order valence-electron chi connectivity index (χ0n) is 10.2. The predicted molar refractivity (Wildman–Crippen MR) is 77.4 cm³/mol. The second-order valence-electron chi connectivity index (χ2n) is 3.57. The molecule has 102 valence electrons. The van der Waals surface area contributed by atoms with Crippen LogP contribution in [0.1, 0.15) is 0 Å². The van der Waals surface area contributed by atoms with Gasteiger partial charge in [0, 0.05) is 24.6 Å². The van der Waals surface area contributed by atoms with Crippen LogP contribution in [0.3, 0.4) is 0 Å². The predicted octanol–water partition coefficient (Wildman–Crippen LogP) is 0.319. The molecular formula is C10H18N4O2S2. The molecule has 0 spiro atoms. The zero-order chi connectivity index (χ0) is 12.5. The van der Waals surface area contributed by atoms with Crippen molar-refractivity contribution in [1.29, 1.82) is 0 Å². The number of amidine groups is 2. The van der Waals surface area contributed by atoms with E-state index < -0.39 is 0 Å². The third-order valence-electron chi connectivity index (χ3n) is 2.18. The van der Waals surface area contributed by atoms with Crippen molar-refractivity contribution in [3.63, 3.8) is 0 Å². The Balaban J connectivity index is 1.35. The highest BCUT2D eigenvalue weighted by Crippen LogP contribution is 2.19. The van der Waals surface area contributed by atoms with Crippen molar-refractivity contribution in [3.8, 4) is 0 Å². The Morgan fingerprint density at radius 3 is 1.78 bits per heavy atom. The molecular weight excluding hydrogens is 272 g/mol. The first-order valence-corrected chi connectivity index (χ1v) is 8.50. The number of rotatable bonds is 7. The van der Waals surface area contributed by atoms with Gasteiger partial charge in [-0.3, -0.25) is 0 Å². The van der Waals surface area contributed by atoms with Gasteiger partial charge in [-0.15, -0.1) is 0 Å². The first-order valence-electron chi connectivity index (χ1n) is 6.02. The molecule has 2 N–H and O–H groups in total. The van der Waals surface area contributed by atoms with Gasteiger partial charge < -0.3 is 20.1 Å². The highest BCUT2D eigenvalue weighted by molar-refractivity contribution is 8.76. The van der Waals surface area contributed by atoms with Crippen LogP contribution in [-0.4, -0.2) is 62.9 Å². The molecule has 0 bridgehead atoms. The summed E-state index contributed by atoms with van der Waals surface area (Å²) in [5.74, 6) is 2.06. The van der Waals surface area contributed by atoms with Crippen molar-refractivity contribution in [2.45, 2.75) is 0 Å². The van der Waals surface area contributed by atoms with E-state index >= 15 is 0 Å². The molecule has 0 aliphatic carbocycles. The summed E-state index contributed by atoms with van der Waals surface area (Å²) in [7, 11) is 3.68. The normalized spacial score (nSPS) is 17.8. The van der Waals surface area contributed by atoms with E-state index in [4.69, 9.17) is 9.47 Å². The Hall–Kier alpha value is -0.760. The summed E-state index contributed by atoms with van der Waals surface area (Å²) in [5.41, 5.74) is 0. The van der Waals surface area contributed by atoms with Crippen LogP contribution in [-0.2, 0) is 9.47 Å². The average Bonchev–Trinajstić information content (AvgIpc) is 3.05. The maximum absolute atomic E-state index is 5.24. The van der Waals surface area contributed by atoms with Crippen LogP contribution in [0.25, 0.3) is 0 Å². The summed E-state index contributed by atoms with van der Waals surface area (Å²) in [4.78, 5) is 8.31. The topological polar surface area (TPSA) is 67.2 Å². The van der Waals surface area contributed by atoms with E-state index in [1.54, 1.807) is 0 Å². The van der Waals surface area contributed by atoms with E-state index in [0.717, 1.165) is 37.7 Å². The van der Waals surface area contributed by atoms with E-state index in [2.05, 4.69) is 20.6 Å². The molecule has 0 aromatic carbocycles. The largest absolute Gasteiger partial charge is 0.463 e. The standard InChI is InChI=1S/C10H18N4O2S2/c1-5-15-9(11-1)13-3-7-17-18-8-4-14-10-12-2-6-16-10/h1-8H2,(H,11,13)(H,12,14). The van der Waals surface area contributed by atoms with Gasteiger partial charge >= 0.3 is 0 Å². The molecule has 0 amide bonds. The van der Waals surface area contributed by atoms with Crippen molar-refractivity contribution >= 4 is 33.6 Å².